The van der Waals surface area contributed by atoms with Gasteiger partial charge in [-0.2, -0.15) is 0 Å². The molecule has 0 nitrogen and oxygen atoms in total. The van der Waals surface area contributed by atoms with E-state index in [1.807, 2.05) is 0 Å². The fraction of sp³-hybridized carbons (Fsp3) is 0.625. The molecule has 0 heteroatoms. The van der Waals surface area contributed by atoms with Gasteiger partial charge in [0, 0.05) is 5.92 Å². The number of hydrogen-bond acceptors (Lipinski definition) is 0. The summed E-state index contributed by atoms with van der Waals surface area (Å²) in [6.07, 6.45) is 12.5. The molecule has 1 saturated carbocycles. The van der Waals surface area contributed by atoms with E-state index in [0.717, 1.165) is 0 Å². The molecule has 0 heterocycles. The number of hydrogen-bond donors (Lipinski definition) is 0. The normalized spacial score (nSPS) is 22.4. The summed E-state index contributed by atoms with van der Waals surface area (Å²) in [5.41, 5.74) is 0. The van der Waals surface area contributed by atoms with Gasteiger partial charge in [-0.1, -0.05) is 0 Å². The molecule has 0 aliphatic heterocycles. The summed E-state index contributed by atoms with van der Waals surface area (Å²) >= 11 is 0. The third-order valence-corrected chi connectivity index (χ3v) is 1.67. The van der Waals surface area contributed by atoms with Crippen LogP contribution in [-0.4, -0.2) is 0 Å². The summed E-state index contributed by atoms with van der Waals surface area (Å²) in [4.78, 5) is 0. The Hall–Kier alpha value is -0.440. The summed E-state index contributed by atoms with van der Waals surface area (Å²) < 4.78 is 0. The molecular weight excluding hydrogens is 96.1 g/mol. The molecule has 0 amide bonds. The third kappa shape index (κ3) is 1.26. The lowest BCUT2D eigenvalue weighted by Crippen LogP contribution is -2.02. The third-order valence-electron chi connectivity index (χ3n) is 1.67. The van der Waals surface area contributed by atoms with Crippen molar-refractivity contribution in [3.8, 4) is 12.3 Å². The van der Waals surface area contributed by atoms with Gasteiger partial charge in [-0.3, -0.25) is 0 Å². The molecular formula is C8H11. The minimum Gasteiger partial charge on any atom is -0.120 e. The van der Waals surface area contributed by atoms with Crippen molar-refractivity contribution in [2.75, 3.05) is 0 Å². The van der Waals surface area contributed by atoms with Crippen molar-refractivity contribution in [2.45, 2.75) is 25.7 Å². The largest absolute Gasteiger partial charge is 0.120 e. The van der Waals surface area contributed by atoms with E-state index in [0.29, 0.717) is 5.92 Å². The molecule has 0 N–H and O–H groups in total. The second-order valence-electron chi connectivity index (χ2n) is 2.31. The topological polar surface area (TPSA) is 0 Å². The maximum Gasteiger partial charge on any atom is 0.0200 e. The summed E-state index contributed by atoms with van der Waals surface area (Å²) in [5, 5.41) is 0. The minimum absolute atomic E-state index is 0.583. The van der Waals surface area contributed by atoms with Crippen LogP contribution in [0.2, 0.25) is 0 Å². The van der Waals surface area contributed by atoms with Crippen molar-refractivity contribution in [3.05, 3.63) is 6.42 Å². The highest BCUT2D eigenvalue weighted by molar-refractivity contribution is 4.96. The lowest BCUT2D eigenvalue weighted by Gasteiger charge is -2.14. The quantitative estimate of drug-likeness (QED) is 0.415. The van der Waals surface area contributed by atoms with E-state index >= 15 is 0 Å². The molecule has 0 saturated heterocycles. The van der Waals surface area contributed by atoms with Crippen LogP contribution in [0.5, 0.6) is 0 Å². The van der Waals surface area contributed by atoms with Crippen LogP contribution in [0.4, 0.5) is 0 Å². The summed E-state index contributed by atoms with van der Waals surface area (Å²) in [6.45, 7) is 0. The smallest absolute Gasteiger partial charge is 0.0200 e. The van der Waals surface area contributed by atoms with Gasteiger partial charge < -0.3 is 0 Å². The molecule has 1 rings (SSSR count). The number of rotatable bonds is 0. The van der Waals surface area contributed by atoms with Crippen molar-refractivity contribution < 1.29 is 0 Å². The van der Waals surface area contributed by atoms with E-state index in [9.17, 15) is 0 Å². The summed E-state index contributed by atoms with van der Waals surface area (Å²) in [5.74, 6) is 3.37. The first-order valence-electron chi connectivity index (χ1n) is 3.21. The summed E-state index contributed by atoms with van der Waals surface area (Å²) in [6, 6.07) is 0. The Morgan fingerprint density at radius 1 is 1.38 bits per heavy atom. The van der Waals surface area contributed by atoms with Gasteiger partial charge in [0.1, 0.15) is 0 Å². The first kappa shape index (κ1) is 5.69. The lowest BCUT2D eigenvalue weighted by atomic mass is 9.90. The second kappa shape index (κ2) is 2.77. The van der Waals surface area contributed by atoms with Crippen LogP contribution in [-0.2, 0) is 0 Å². The Bertz CT molecular complexity index is 91.1. The van der Waals surface area contributed by atoms with E-state index in [-0.39, 0.29) is 0 Å². The van der Waals surface area contributed by atoms with E-state index in [2.05, 4.69) is 12.3 Å². The standard InChI is InChI=1S/C8H11/c1-2-8-6-4-3-5-7-8/h1,3,8H,4-7H2. The SMILES string of the molecule is C#CC1CC[CH]CC1. The zero-order valence-corrected chi connectivity index (χ0v) is 5.06. The van der Waals surface area contributed by atoms with Crippen LogP contribution in [0.3, 0.4) is 0 Å². The molecule has 0 bridgehead atoms. The van der Waals surface area contributed by atoms with E-state index in [1.54, 1.807) is 0 Å². The Labute approximate surface area is 51.3 Å². The fourth-order valence-electron chi connectivity index (χ4n) is 1.09. The van der Waals surface area contributed by atoms with Crippen molar-refractivity contribution in [3.63, 3.8) is 0 Å². The number of terminal acetylenes is 1. The van der Waals surface area contributed by atoms with Crippen LogP contribution in [0, 0.1) is 24.7 Å². The van der Waals surface area contributed by atoms with Gasteiger partial charge in [-0.25, -0.2) is 0 Å². The van der Waals surface area contributed by atoms with E-state index in [4.69, 9.17) is 6.42 Å². The molecule has 1 aliphatic carbocycles. The van der Waals surface area contributed by atoms with Gasteiger partial charge in [0.15, 0.2) is 0 Å². The maximum absolute atomic E-state index is 5.24. The van der Waals surface area contributed by atoms with E-state index in [1.165, 1.54) is 25.7 Å². The predicted octanol–water partition coefficient (Wildman–Crippen LogP) is 2.01. The van der Waals surface area contributed by atoms with Crippen LogP contribution in [0.25, 0.3) is 0 Å². The van der Waals surface area contributed by atoms with Crippen LogP contribution in [0.15, 0.2) is 0 Å². The van der Waals surface area contributed by atoms with Crippen LogP contribution in [0.1, 0.15) is 25.7 Å². The van der Waals surface area contributed by atoms with Gasteiger partial charge in [0.05, 0.1) is 0 Å². The summed E-state index contributed by atoms with van der Waals surface area (Å²) in [7, 11) is 0. The zero-order valence-electron chi connectivity index (χ0n) is 5.06. The monoisotopic (exact) mass is 107 g/mol. The second-order valence-corrected chi connectivity index (χ2v) is 2.31. The molecule has 0 aromatic heterocycles. The Morgan fingerprint density at radius 3 is 2.38 bits per heavy atom. The Morgan fingerprint density at radius 2 is 2.00 bits per heavy atom. The van der Waals surface area contributed by atoms with E-state index < -0.39 is 0 Å². The zero-order chi connectivity index (χ0) is 5.82. The lowest BCUT2D eigenvalue weighted by molar-refractivity contribution is 0.497. The molecule has 0 unspecified atom stereocenters. The highest BCUT2D eigenvalue weighted by atomic mass is 14.1. The van der Waals surface area contributed by atoms with Gasteiger partial charge in [0.25, 0.3) is 0 Å². The maximum atomic E-state index is 5.24. The minimum atomic E-state index is 0.583. The molecule has 1 aliphatic rings. The average molecular weight is 107 g/mol. The first-order chi connectivity index (χ1) is 3.93. The van der Waals surface area contributed by atoms with Crippen LogP contribution < -0.4 is 0 Å². The van der Waals surface area contributed by atoms with Crippen molar-refractivity contribution in [1.29, 1.82) is 0 Å². The van der Waals surface area contributed by atoms with Gasteiger partial charge >= 0.3 is 0 Å². The van der Waals surface area contributed by atoms with Gasteiger partial charge in [-0.05, 0) is 32.1 Å². The molecule has 1 fully saturated rings. The molecule has 43 valence electrons. The van der Waals surface area contributed by atoms with Crippen molar-refractivity contribution in [2.24, 2.45) is 5.92 Å². The van der Waals surface area contributed by atoms with Crippen molar-refractivity contribution in [1.82, 2.24) is 0 Å². The molecule has 0 spiro atoms. The molecule has 0 aromatic rings. The highest BCUT2D eigenvalue weighted by Crippen LogP contribution is 2.21. The van der Waals surface area contributed by atoms with Crippen molar-refractivity contribution >= 4 is 0 Å². The van der Waals surface area contributed by atoms with Gasteiger partial charge in [0.2, 0.25) is 0 Å². The molecule has 8 heavy (non-hydrogen) atoms. The predicted molar refractivity (Wildman–Crippen MR) is 35.1 cm³/mol. The molecule has 0 aromatic carbocycles. The van der Waals surface area contributed by atoms with Gasteiger partial charge in [-0.15, -0.1) is 12.3 Å². The average Bonchev–Trinajstić information content (AvgIpc) is 1.90. The Kier molecular flexibility index (Phi) is 1.97. The van der Waals surface area contributed by atoms with Crippen LogP contribution >= 0.6 is 0 Å². The molecule has 1 radical (unpaired) electrons. The first-order valence-corrected chi connectivity index (χ1v) is 3.21. The Balaban J connectivity index is 2.25. The highest BCUT2D eigenvalue weighted by Gasteiger charge is 2.08. The fourth-order valence-corrected chi connectivity index (χ4v) is 1.09. The molecule has 0 atom stereocenters.